The highest BCUT2D eigenvalue weighted by Crippen LogP contribution is 2.29. The molecule has 1 aromatic heterocycles. The highest BCUT2D eigenvalue weighted by molar-refractivity contribution is 6.14. The fraction of sp³-hybridized carbons (Fsp3) is 0.194. The van der Waals surface area contributed by atoms with Gasteiger partial charge in [-0.3, -0.25) is 4.79 Å². The number of carbonyl (C=O) groups excluding carboxylic acids is 1. The van der Waals surface area contributed by atoms with Crippen molar-refractivity contribution >= 4 is 29.2 Å². The van der Waals surface area contributed by atoms with Gasteiger partial charge in [-0.15, -0.1) is 0 Å². The molecular weight excluding hydrogens is 526 g/mol. The molecule has 4 aromatic rings. The molecule has 10 heteroatoms. The maximum atomic E-state index is 13.7. The minimum atomic E-state index is -3.55. The van der Waals surface area contributed by atoms with Gasteiger partial charge in [0.25, 0.3) is 5.91 Å². The molecule has 0 unspecified atom stereocenters. The Labute approximate surface area is 237 Å². The zero-order chi connectivity index (χ0) is 29.4. The van der Waals surface area contributed by atoms with Crippen LogP contribution in [0.1, 0.15) is 42.1 Å². The molecule has 8 nitrogen and oxygen atoms in total. The first kappa shape index (κ1) is 29.0. The summed E-state index contributed by atoms with van der Waals surface area (Å²) in [5.41, 5.74) is 4.83. The van der Waals surface area contributed by atoms with Gasteiger partial charge in [0.1, 0.15) is 0 Å². The molecule has 3 N–H and O–H groups in total. The van der Waals surface area contributed by atoms with E-state index in [0.717, 1.165) is 16.8 Å². The number of amides is 1. The lowest BCUT2D eigenvalue weighted by atomic mass is 10.0. The lowest BCUT2D eigenvalue weighted by molar-refractivity contribution is -0.143. The van der Waals surface area contributed by atoms with Crippen LogP contribution in [0, 0.1) is 5.41 Å². The molecule has 0 aliphatic heterocycles. The summed E-state index contributed by atoms with van der Waals surface area (Å²) in [4.78, 5) is 25.2. The van der Waals surface area contributed by atoms with Gasteiger partial charge in [-0.25, -0.2) is 15.0 Å². The first-order chi connectivity index (χ1) is 19.7. The van der Waals surface area contributed by atoms with Gasteiger partial charge < -0.3 is 20.8 Å². The number of methoxy groups -OCH3 is 1. The quantitative estimate of drug-likeness (QED) is 0.197. The van der Waals surface area contributed by atoms with Crippen LogP contribution in [0.15, 0.2) is 96.2 Å². The number of alkyl halides is 2. The maximum Gasteiger partial charge on any atom is 0.321 e. The van der Waals surface area contributed by atoms with E-state index in [4.69, 9.17) is 15.1 Å². The van der Waals surface area contributed by atoms with Crippen molar-refractivity contribution in [2.24, 2.45) is 4.99 Å². The minimum Gasteiger partial charge on any atom is -0.467 e. The molecule has 41 heavy (non-hydrogen) atoms. The van der Waals surface area contributed by atoms with E-state index >= 15 is 0 Å². The molecule has 0 saturated carbocycles. The molecule has 2 atom stereocenters. The molecule has 4 rings (SSSR count). The van der Waals surface area contributed by atoms with Crippen LogP contribution in [-0.4, -0.2) is 46.9 Å². The lowest BCUT2D eigenvalue weighted by Gasteiger charge is -2.28. The van der Waals surface area contributed by atoms with Crippen LogP contribution < -0.4 is 15.4 Å². The SMILES string of the molecule is COc1ncc([C@@H](Nc2ccc(N=C(c3ccccc3)c3ccccc3)cc2C=N)[C@H](C)NC(=O)C(C)(F)F)cn1. The van der Waals surface area contributed by atoms with Crippen LogP contribution in [0.3, 0.4) is 0 Å². The second-order valence-corrected chi connectivity index (χ2v) is 9.38. The first-order valence-electron chi connectivity index (χ1n) is 12.8. The Morgan fingerprint density at radius 3 is 2.10 bits per heavy atom. The summed E-state index contributed by atoms with van der Waals surface area (Å²) < 4.78 is 32.4. The zero-order valence-electron chi connectivity index (χ0n) is 22.8. The van der Waals surface area contributed by atoms with Crippen molar-refractivity contribution in [1.29, 1.82) is 5.41 Å². The van der Waals surface area contributed by atoms with Crippen LogP contribution in [-0.2, 0) is 4.79 Å². The smallest absolute Gasteiger partial charge is 0.321 e. The molecular formula is C31H30F2N6O2. The number of halogens is 2. The third-order valence-corrected chi connectivity index (χ3v) is 6.28. The van der Waals surface area contributed by atoms with Gasteiger partial charge in [-0.1, -0.05) is 60.7 Å². The van der Waals surface area contributed by atoms with Crippen molar-refractivity contribution in [2.75, 3.05) is 12.4 Å². The highest BCUT2D eigenvalue weighted by atomic mass is 19.3. The van der Waals surface area contributed by atoms with Crippen LogP contribution in [0.5, 0.6) is 6.01 Å². The molecule has 210 valence electrons. The Kier molecular flexibility index (Phi) is 9.13. The Hall–Kier alpha value is -4.99. The number of ether oxygens (including phenoxy) is 1. The van der Waals surface area contributed by atoms with E-state index in [-0.39, 0.29) is 6.01 Å². The second kappa shape index (κ2) is 12.9. The Morgan fingerprint density at radius 2 is 1.59 bits per heavy atom. The number of benzene rings is 3. The molecule has 3 aromatic carbocycles. The average molecular weight is 557 g/mol. The third-order valence-electron chi connectivity index (χ3n) is 6.28. The van der Waals surface area contributed by atoms with Crippen LogP contribution in [0.4, 0.5) is 20.2 Å². The van der Waals surface area contributed by atoms with Gasteiger partial charge in [-0.2, -0.15) is 8.78 Å². The minimum absolute atomic E-state index is 0.138. The predicted octanol–water partition coefficient (Wildman–Crippen LogP) is 5.97. The molecule has 0 radical (unpaired) electrons. The fourth-order valence-electron chi connectivity index (χ4n) is 4.16. The summed E-state index contributed by atoms with van der Waals surface area (Å²) in [6, 6.07) is 23.5. The molecule has 0 bridgehead atoms. The van der Waals surface area contributed by atoms with E-state index in [1.165, 1.54) is 25.7 Å². The number of rotatable bonds is 11. The Morgan fingerprint density at radius 1 is 1.00 bits per heavy atom. The van der Waals surface area contributed by atoms with Crippen LogP contribution in [0.25, 0.3) is 0 Å². The van der Waals surface area contributed by atoms with E-state index in [0.29, 0.717) is 29.4 Å². The average Bonchev–Trinajstić information content (AvgIpc) is 2.99. The third kappa shape index (κ3) is 7.36. The van der Waals surface area contributed by atoms with Gasteiger partial charge in [0, 0.05) is 53.5 Å². The van der Waals surface area contributed by atoms with Gasteiger partial charge in [0.05, 0.1) is 30.6 Å². The maximum absolute atomic E-state index is 13.7. The van der Waals surface area contributed by atoms with Gasteiger partial charge in [-0.05, 0) is 25.1 Å². The number of aromatic nitrogens is 2. The number of aliphatic imine (C=N–C) groups is 1. The summed E-state index contributed by atoms with van der Waals surface area (Å²) in [5.74, 6) is -4.96. The van der Waals surface area contributed by atoms with Crippen LogP contribution >= 0.6 is 0 Å². The van der Waals surface area contributed by atoms with Crippen molar-refractivity contribution in [1.82, 2.24) is 15.3 Å². The first-order valence-corrected chi connectivity index (χ1v) is 12.8. The van der Waals surface area contributed by atoms with Gasteiger partial charge >= 0.3 is 11.9 Å². The van der Waals surface area contributed by atoms with Crippen molar-refractivity contribution in [3.05, 3.63) is 114 Å². The predicted molar refractivity (Wildman–Crippen MR) is 156 cm³/mol. The highest BCUT2D eigenvalue weighted by Gasteiger charge is 2.35. The molecule has 0 aliphatic rings. The second-order valence-electron chi connectivity index (χ2n) is 9.38. The lowest BCUT2D eigenvalue weighted by Crippen LogP contribution is -2.46. The summed E-state index contributed by atoms with van der Waals surface area (Å²) in [6.45, 7) is 2.14. The van der Waals surface area contributed by atoms with E-state index in [9.17, 15) is 13.6 Å². The molecule has 1 amide bonds. The summed E-state index contributed by atoms with van der Waals surface area (Å²) >= 11 is 0. The molecule has 1 heterocycles. The van der Waals surface area contributed by atoms with Crippen LogP contribution in [0.2, 0.25) is 0 Å². The number of hydrogen-bond donors (Lipinski definition) is 3. The van der Waals surface area contributed by atoms with E-state index in [1.807, 2.05) is 60.7 Å². The number of nitrogens with one attached hydrogen (secondary N) is 3. The summed E-state index contributed by atoms with van der Waals surface area (Å²) in [5, 5.41) is 13.7. The number of nitrogens with zero attached hydrogens (tertiary/aromatic N) is 3. The summed E-state index contributed by atoms with van der Waals surface area (Å²) in [7, 11) is 1.43. The van der Waals surface area contributed by atoms with E-state index < -0.39 is 23.9 Å². The zero-order valence-corrected chi connectivity index (χ0v) is 22.8. The van der Waals surface area contributed by atoms with Crippen molar-refractivity contribution in [3.8, 4) is 6.01 Å². The molecule has 0 aliphatic carbocycles. The monoisotopic (exact) mass is 556 g/mol. The molecule has 0 fully saturated rings. The van der Waals surface area contributed by atoms with Crippen molar-refractivity contribution in [2.45, 2.75) is 31.9 Å². The largest absolute Gasteiger partial charge is 0.467 e. The van der Waals surface area contributed by atoms with Crippen molar-refractivity contribution < 1.29 is 18.3 Å². The molecule has 0 saturated heterocycles. The van der Waals surface area contributed by atoms with Gasteiger partial charge in [0.15, 0.2) is 0 Å². The normalized spacial score (nSPS) is 12.5. The summed E-state index contributed by atoms with van der Waals surface area (Å²) in [6.07, 6.45) is 4.16. The number of anilines is 1. The number of hydrogen-bond acceptors (Lipinski definition) is 7. The van der Waals surface area contributed by atoms with Gasteiger partial charge in [0.2, 0.25) is 0 Å². The number of carbonyl (C=O) groups is 1. The standard InChI is InChI=1S/C31H30F2N6O2/c1-20(37-29(40)31(2,32)33)27(24-18-35-30(41-3)36-19-24)39-26-15-14-25(16-23(26)17-34)38-28(21-10-6-4-7-11-21)22-12-8-5-9-13-22/h4-20,27,34,39H,1-3H3,(H,37,40)/t20-,27-/m0/s1. The fourth-order valence-corrected chi connectivity index (χ4v) is 4.16. The van der Waals surface area contributed by atoms with E-state index in [2.05, 4.69) is 20.6 Å². The topological polar surface area (TPSA) is 112 Å². The Bertz CT molecular complexity index is 1470. The Balaban J connectivity index is 1.70. The van der Waals surface area contributed by atoms with Crippen molar-refractivity contribution in [3.63, 3.8) is 0 Å². The molecule has 0 spiro atoms. The van der Waals surface area contributed by atoms with E-state index in [1.54, 1.807) is 25.1 Å².